The van der Waals surface area contributed by atoms with Crippen LogP contribution >= 0.6 is 0 Å². The van der Waals surface area contributed by atoms with Crippen LogP contribution in [0.15, 0.2) is 47.0 Å². The maximum absolute atomic E-state index is 13.0. The van der Waals surface area contributed by atoms with Crippen molar-refractivity contribution in [3.8, 4) is 17.2 Å². The number of rotatable bonds is 10. The number of carbonyl (C=O) groups excluding carboxylic acids is 1. The number of aryl methyl sites for hydroxylation is 2. The molecule has 1 atom stereocenters. The van der Waals surface area contributed by atoms with Crippen LogP contribution in [0.1, 0.15) is 59.8 Å². The van der Waals surface area contributed by atoms with Crippen LogP contribution in [0.3, 0.4) is 0 Å². The fourth-order valence-electron chi connectivity index (χ4n) is 3.33. The molecule has 0 spiro atoms. The zero-order valence-electron chi connectivity index (χ0n) is 19.2. The van der Waals surface area contributed by atoms with Crippen molar-refractivity contribution in [1.82, 2.24) is 10.5 Å². The first-order chi connectivity index (χ1) is 15.4. The maximum atomic E-state index is 13.0. The Bertz CT molecular complexity index is 1040. The van der Waals surface area contributed by atoms with E-state index in [1.165, 1.54) is 0 Å². The number of amides is 1. The van der Waals surface area contributed by atoms with Crippen LogP contribution in [0.4, 0.5) is 0 Å². The lowest BCUT2D eigenvalue weighted by Crippen LogP contribution is -2.27. The van der Waals surface area contributed by atoms with Crippen molar-refractivity contribution >= 4 is 5.91 Å². The van der Waals surface area contributed by atoms with Crippen molar-refractivity contribution in [2.75, 3.05) is 13.2 Å². The van der Waals surface area contributed by atoms with Gasteiger partial charge in [-0.2, -0.15) is 0 Å². The number of hydrogen-bond donors (Lipinski definition) is 1. The molecule has 0 saturated carbocycles. The summed E-state index contributed by atoms with van der Waals surface area (Å²) in [6.45, 7) is 10.8. The van der Waals surface area contributed by atoms with E-state index in [9.17, 15) is 4.79 Å². The number of benzene rings is 2. The van der Waals surface area contributed by atoms with E-state index in [1.54, 1.807) is 12.1 Å². The van der Waals surface area contributed by atoms with Crippen molar-refractivity contribution in [2.24, 2.45) is 0 Å². The molecule has 7 heteroatoms. The molecule has 1 amide bonds. The van der Waals surface area contributed by atoms with E-state index < -0.39 is 0 Å². The lowest BCUT2D eigenvalue weighted by atomic mass is 10.1. The lowest BCUT2D eigenvalue weighted by Gasteiger charge is -2.18. The molecule has 32 heavy (non-hydrogen) atoms. The van der Waals surface area contributed by atoms with Gasteiger partial charge < -0.3 is 24.1 Å². The molecule has 0 aliphatic carbocycles. The fraction of sp³-hybridized carbons (Fsp3) is 0.360. The molecule has 0 radical (unpaired) electrons. The minimum absolute atomic E-state index is 0.223. The molecule has 2 aromatic carbocycles. The van der Waals surface area contributed by atoms with Crippen molar-refractivity contribution in [3.63, 3.8) is 0 Å². The molecule has 0 unspecified atom stereocenters. The number of aromatic nitrogens is 1. The number of carbonyl (C=O) groups is 1. The van der Waals surface area contributed by atoms with Gasteiger partial charge in [0.05, 0.1) is 36.1 Å². The zero-order valence-corrected chi connectivity index (χ0v) is 19.2. The average Bonchev–Trinajstić information content (AvgIpc) is 3.11. The van der Waals surface area contributed by atoms with Crippen molar-refractivity contribution in [1.29, 1.82) is 0 Å². The highest BCUT2D eigenvalue weighted by Crippen LogP contribution is 2.31. The van der Waals surface area contributed by atoms with Crippen molar-refractivity contribution < 1.29 is 23.5 Å². The molecule has 0 aliphatic rings. The van der Waals surface area contributed by atoms with Crippen LogP contribution < -0.4 is 19.5 Å². The molecule has 0 fully saturated rings. The second-order valence-electron chi connectivity index (χ2n) is 7.35. The summed E-state index contributed by atoms with van der Waals surface area (Å²) in [5.74, 6) is 2.34. The van der Waals surface area contributed by atoms with Gasteiger partial charge in [0.2, 0.25) is 0 Å². The summed E-state index contributed by atoms with van der Waals surface area (Å²) >= 11 is 0. The molecular formula is C25H30N2O5. The second-order valence-corrected chi connectivity index (χ2v) is 7.35. The van der Waals surface area contributed by atoms with E-state index in [1.807, 2.05) is 65.0 Å². The summed E-state index contributed by atoms with van der Waals surface area (Å²) in [6, 6.07) is 12.6. The topological polar surface area (TPSA) is 82.8 Å². The summed E-state index contributed by atoms with van der Waals surface area (Å²) in [4.78, 5) is 13.0. The van der Waals surface area contributed by atoms with Gasteiger partial charge >= 0.3 is 0 Å². The van der Waals surface area contributed by atoms with E-state index in [2.05, 4.69) is 10.5 Å². The van der Waals surface area contributed by atoms with Crippen LogP contribution in [0.2, 0.25) is 0 Å². The van der Waals surface area contributed by atoms with Gasteiger partial charge in [-0.15, -0.1) is 0 Å². The van der Waals surface area contributed by atoms with Gasteiger partial charge in [-0.1, -0.05) is 23.4 Å². The molecule has 0 bridgehead atoms. The Labute approximate surface area is 188 Å². The van der Waals surface area contributed by atoms with Crippen LogP contribution in [0.25, 0.3) is 0 Å². The fourth-order valence-corrected chi connectivity index (χ4v) is 3.33. The van der Waals surface area contributed by atoms with Crippen LogP contribution in [-0.4, -0.2) is 24.3 Å². The van der Waals surface area contributed by atoms with E-state index >= 15 is 0 Å². The van der Waals surface area contributed by atoms with Gasteiger partial charge in [-0.05, 0) is 64.4 Å². The lowest BCUT2D eigenvalue weighted by molar-refractivity contribution is 0.0935. The average molecular weight is 439 g/mol. The predicted octanol–water partition coefficient (Wildman–Crippen LogP) is 5.16. The van der Waals surface area contributed by atoms with Gasteiger partial charge in [0.15, 0.2) is 11.5 Å². The third-order valence-corrected chi connectivity index (χ3v) is 5.10. The molecule has 1 aromatic heterocycles. The molecule has 0 aliphatic heterocycles. The largest absolute Gasteiger partial charge is 0.490 e. The third-order valence-electron chi connectivity index (χ3n) is 5.10. The molecule has 1 heterocycles. The van der Waals surface area contributed by atoms with Gasteiger partial charge in [-0.3, -0.25) is 4.79 Å². The van der Waals surface area contributed by atoms with E-state index in [4.69, 9.17) is 18.7 Å². The van der Waals surface area contributed by atoms with Gasteiger partial charge in [0.1, 0.15) is 18.1 Å². The number of nitrogens with one attached hydrogen (secondary N) is 1. The Morgan fingerprint density at radius 1 is 1.00 bits per heavy atom. The quantitative estimate of drug-likeness (QED) is 0.471. The molecule has 1 N–H and O–H groups in total. The number of para-hydroxylation sites is 1. The maximum Gasteiger partial charge on any atom is 0.255 e. The molecule has 7 nitrogen and oxygen atoms in total. The van der Waals surface area contributed by atoms with E-state index in [0.29, 0.717) is 41.8 Å². The van der Waals surface area contributed by atoms with Crippen LogP contribution in [0, 0.1) is 13.8 Å². The van der Waals surface area contributed by atoms with E-state index in [-0.39, 0.29) is 18.6 Å². The highest BCUT2D eigenvalue weighted by Gasteiger charge is 2.18. The third kappa shape index (κ3) is 5.41. The van der Waals surface area contributed by atoms with Gasteiger partial charge in [-0.25, -0.2) is 0 Å². The smallest absolute Gasteiger partial charge is 0.255 e. The van der Waals surface area contributed by atoms with E-state index in [0.717, 1.165) is 16.8 Å². The number of nitrogens with zero attached hydrogens (tertiary/aromatic N) is 1. The molecule has 170 valence electrons. The summed E-state index contributed by atoms with van der Waals surface area (Å²) in [6.07, 6.45) is 0. The Balaban J connectivity index is 1.74. The highest BCUT2D eigenvalue weighted by molar-refractivity contribution is 5.97. The van der Waals surface area contributed by atoms with Gasteiger partial charge in [0, 0.05) is 0 Å². The summed E-state index contributed by atoms with van der Waals surface area (Å²) < 4.78 is 22.5. The molecule has 3 aromatic rings. The SMILES string of the molecule is CCOc1ccc([C@H](C)NC(=O)c2ccccc2OCc2c(C)noc2C)cc1OCC. The van der Waals surface area contributed by atoms with Crippen molar-refractivity contribution in [3.05, 3.63) is 70.6 Å². The molecule has 0 saturated heterocycles. The number of ether oxygens (including phenoxy) is 3. The van der Waals surface area contributed by atoms with Gasteiger partial charge in [0.25, 0.3) is 5.91 Å². The van der Waals surface area contributed by atoms with Crippen LogP contribution in [0.5, 0.6) is 17.2 Å². The van der Waals surface area contributed by atoms with Crippen LogP contribution in [-0.2, 0) is 6.61 Å². The Morgan fingerprint density at radius 2 is 1.72 bits per heavy atom. The minimum Gasteiger partial charge on any atom is -0.490 e. The number of hydrogen-bond acceptors (Lipinski definition) is 6. The minimum atomic E-state index is -0.243. The molecular weight excluding hydrogens is 408 g/mol. The zero-order chi connectivity index (χ0) is 23.1. The Morgan fingerprint density at radius 3 is 2.41 bits per heavy atom. The first kappa shape index (κ1) is 23.2. The molecule has 3 rings (SSSR count). The summed E-state index contributed by atoms with van der Waals surface area (Å²) in [5.41, 5.74) is 3.03. The monoisotopic (exact) mass is 438 g/mol. The normalized spacial score (nSPS) is 11.7. The standard InChI is InChI=1S/C25H30N2O5/c1-6-29-23-13-12-19(14-24(23)30-7-2)16(3)26-25(28)20-10-8-9-11-22(20)31-15-21-17(4)27-32-18(21)5/h8-14,16H,6-7,15H2,1-5H3,(H,26,28)/t16-/m0/s1. The highest BCUT2D eigenvalue weighted by atomic mass is 16.5. The first-order valence-electron chi connectivity index (χ1n) is 10.8. The second kappa shape index (κ2) is 10.7. The first-order valence-corrected chi connectivity index (χ1v) is 10.8. The predicted molar refractivity (Wildman–Crippen MR) is 121 cm³/mol. The summed E-state index contributed by atoms with van der Waals surface area (Å²) in [7, 11) is 0. The van der Waals surface area contributed by atoms with Crippen molar-refractivity contribution in [2.45, 2.75) is 47.3 Å². The Hall–Kier alpha value is -3.48. The Kier molecular flexibility index (Phi) is 7.76. The summed E-state index contributed by atoms with van der Waals surface area (Å²) in [5, 5.41) is 6.99.